The molecule has 0 aliphatic carbocycles. The van der Waals surface area contributed by atoms with E-state index in [-0.39, 0.29) is 5.82 Å². The Morgan fingerprint density at radius 3 is 2.55 bits per heavy atom. The molecule has 2 fully saturated rings. The van der Waals surface area contributed by atoms with E-state index in [9.17, 15) is 4.39 Å². The van der Waals surface area contributed by atoms with Crippen LogP contribution in [0.2, 0.25) is 0 Å². The molecule has 4 aromatic rings. The molecule has 0 bridgehead atoms. The first-order valence-corrected chi connectivity index (χ1v) is 11.7. The van der Waals surface area contributed by atoms with E-state index in [4.69, 9.17) is 4.98 Å². The third-order valence-corrected chi connectivity index (χ3v) is 7.22. The molecule has 0 N–H and O–H groups in total. The Bertz CT molecular complexity index is 1290. The topological polar surface area (TPSA) is 52.8 Å². The molecule has 8 heteroatoms. The lowest BCUT2D eigenvalue weighted by Crippen LogP contribution is -2.52. The maximum Gasteiger partial charge on any atom is 0.162 e. The predicted molar refractivity (Wildman–Crippen MR) is 128 cm³/mol. The van der Waals surface area contributed by atoms with Gasteiger partial charge in [-0.05, 0) is 49.7 Å². The Hall–Kier alpha value is -3.10. The fraction of sp³-hybridized carbons (Fsp3) is 0.400. The van der Waals surface area contributed by atoms with E-state index >= 15 is 0 Å². The molecular weight excluding hydrogens is 417 g/mol. The minimum atomic E-state index is -0.275. The van der Waals surface area contributed by atoms with E-state index in [0.717, 1.165) is 46.5 Å². The van der Waals surface area contributed by atoms with E-state index in [2.05, 4.69) is 38.0 Å². The van der Waals surface area contributed by atoms with Crippen LogP contribution in [0.1, 0.15) is 12.8 Å². The van der Waals surface area contributed by atoms with Crippen LogP contribution < -0.4 is 4.90 Å². The van der Waals surface area contributed by atoms with Crippen molar-refractivity contribution in [1.82, 2.24) is 29.4 Å². The molecule has 0 amide bonds. The SMILES string of the molecule is CN1CCN(C2CCN(c3cnc4c(-c5ccnc6ccc(F)cc56)cnn4c3)CC2)CC1. The van der Waals surface area contributed by atoms with Crippen LogP contribution in [0.4, 0.5) is 10.1 Å². The zero-order chi connectivity index (χ0) is 22.4. The van der Waals surface area contributed by atoms with Crippen molar-refractivity contribution in [1.29, 1.82) is 0 Å². The van der Waals surface area contributed by atoms with Gasteiger partial charge < -0.3 is 9.80 Å². The predicted octanol–water partition coefficient (Wildman–Crippen LogP) is 3.30. The summed E-state index contributed by atoms with van der Waals surface area (Å²) in [6.07, 6.45) is 9.93. The van der Waals surface area contributed by atoms with Crippen molar-refractivity contribution in [3.05, 3.63) is 54.9 Å². The van der Waals surface area contributed by atoms with Crippen LogP contribution in [0.5, 0.6) is 0 Å². The van der Waals surface area contributed by atoms with Crippen LogP contribution in [-0.2, 0) is 0 Å². The number of benzene rings is 1. The molecule has 0 unspecified atom stereocenters. The summed E-state index contributed by atoms with van der Waals surface area (Å²) in [6.45, 7) is 6.76. The minimum absolute atomic E-state index is 0.275. The van der Waals surface area contributed by atoms with Gasteiger partial charge in [0.2, 0.25) is 0 Å². The molecule has 0 spiro atoms. The number of likely N-dealkylation sites (N-methyl/N-ethyl adjacent to an activating group) is 1. The molecule has 6 rings (SSSR count). The van der Waals surface area contributed by atoms with Gasteiger partial charge in [-0.1, -0.05) is 0 Å². The van der Waals surface area contributed by atoms with Crippen molar-refractivity contribution < 1.29 is 4.39 Å². The highest BCUT2D eigenvalue weighted by molar-refractivity contribution is 5.97. The number of anilines is 1. The monoisotopic (exact) mass is 445 g/mol. The van der Waals surface area contributed by atoms with E-state index in [1.807, 2.05) is 23.0 Å². The van der Waals surface area contributed by atoms with Gasteiger partial charge in [0.15, 0.2) is 5.65 Å². The molecule has 0 atom stereocenters. The second-order valence-electron chi connectivity index (χ2n) is 9.22. The molecule has 33 heavy (non-hydrogen) atoms. The average molecular weight is 446 g/mol. The number of piperazine rings is 1. The Morgan fingerprint density at radius 2 is 1.73 bits per heavy atom. The van der Waals surface area contributed by atoms with E-state index < -0.39 is 0 Å². The highest BCUT2D eigenvalue weighted by Crippen LogP contribution is 2.31. The Labute approximate surface area is 192 Å². The van der Waals surface area contributed by atoms with Crippen molar-refractivity contribution in [3.63, 3.8) is 0 Å². The minimum Gasteiger partial charge on any atom is -0.369 e. The van der Waals surface area contributed by atoms with Gasteiger partial charge in [0.1, 0.15) is 5.82 Å². The number of hydrogen-bond acceptors (Lipinski definition) is 6. The number of hydrogen-bond donors (Lipinski definition) is 0. The van der Waals surface area contributed by atoms with E-state index in [0.29, 0.717) is 6.04 Å². The molecule has 0 radical (unpaired) electrons. The number of piperidine rings is 1. The van der Waals surface area contributed by atoms with Gasteiger partial charge in [-0.25, -0.2) is 13.9 Å². The summed E-state index contributed by atoms with van der Waals surface area (Å²) in [5.41, 5.74) is 4.39. The molecule has 170 valence electrons. The maximum atomic E-state index is 13.9. The van der Waals surface area contributed by atoms with Crippen molar-refractivity contribution >= 4 is 22.2 Å². The molecule has 2 aliphatic rings. The van der Waals surface area contributed by atoms with Gasteiger partial charge in [-0.15, -0.1) is 0 Å². The second kappa shape index (κ2) is 8.35. The lowest BCUT2D eigenvalue weighted by atomic mass is 10.0. The Kier molecular flexibility index (Phi) is 5.19. The molecule has 7 nitrogen and oxygen atoms in total. The number of fused-ring (bicyclic) bond motifs is 2. The molecular formula is C25H28FN7. The van der Waals surface area contributed by atoms with Crippen LogP contribution in [-0.4, -0.2) is 81.7 Å². The van der Waals surface area contributed by atoms with Crippen LogP contribution in [0, 0.1) is 5.82 Å². The van der Waals surface area contributed by atoms with Gasteiger partial charge >= 0.3 is 0 Å². The summed E-state index contributed by atoms with van der Waals surface area (Å²) in [7, 11) is 2.21. The summed E-state index contributed by atoms with van der Waals surface area (Å²) < 4.78 is 15.8. The third kappa shape index (κ3) is 3.83. The highest BCUT2D eigenvalue weighted by Gasteiger charge is 2.27. The van der Waals surface area contributed by atoms with E-state index in [1.165, 1.54) is 51.2 Å². The van der Waals surface area contributed by atoms with Crippen molar-refractivity contribution in [2.24, 2.45) is 0 Å². The number of rotatable bonds is 3. The summed E-state index contributed by atoms with van der Waals surface area (Å²) in [4.78, 5) is 16.6. The quantitative estimate of drug-likeness (QED) is 0.482. The molecule has 1 aromatic carbocycles. The first kappa shape index (κ1) is 20.5. The van der Waals surface area contributed by atoms with Gasteiger partial charge in [0.25, 0.3) is 0 Å². The second-order valence-corrected chi connectivity index (χ2v) is 9.22. The van der Waals surface area contributed by atoms with Gasteiger partial charge in [0.05, 0.1) is 29.8 Å². The molecule has 5 heterocycles. The Balaban J connectivity index is 1.23. The zero-order valence-corrected chi connectivity index (χ0v) is 18.9. The third-order valence-electron chi connectivity index (χ3n) is 7.22. The summed E-state index contributed by atoms with van der Waals surface area (Å²) in [5, 5.41) is 5.34. The molecule has 2 aliphatic heterocycles. The first-order valence-electron chi connectivity index (χ1n) is 11.7. The standard InChI is InChI=1S/C25H28FN7/c1-30-10-12-32(13-11-30)19-5-8-31(9-6-19)20-15-28-25-23(16-29-33(25)17-20)21-4-7-27-24-3-2-18(26)14-22(21)24/h2-4,7,14-17,19H,5-6,8-13H2,1H3. The lowest BCUT2D eigenvalue weighted by molar-refractivity contribution is 0.0982. The fourth-order valence-electron chi connectivity index (χ4n) is 5.25. The fourth-order valence-corrected chi connectivity index (χ4v) is 5.25. The van der Waals surface area contributed by atoms with Crippen LogP contribution in [0.25, 0.3) is 27.7 Å². The largest absolute Gasteiger partial charge is 0.369 e. The smallest absolute Gasteiger partial charge is 0.162 e. The number of halogens is 1. The summed E-state index contributed by atoms with van der Waals surface area (Å²) >= 11 is 0. The normalized spacial score (nSPS) is 19.0. The lowest BCUT2D eigenvalue weighted by Gasteiger charge is -2.42. The van der Waals surface area contributed by atoms with Gasteiger partial charge in [-0.2, -0.15) is 5.10 Å². The van der Waals surface area contributed by atoms with Gasteiger partial charge in [-0.3, -0.25) is 9.88 Å². The van der Waals surface area contributed by atoms with Crippen molar-refractivity contribution in [2.45, 2.75) is 18.9 Å². The first-order chi connectivity index (χ1) is 16.2. The van der Waals surface area contributed by atoms with Crippen molar-refractivity contribution in [3.8, 4) is 11.1 Å². The highest BCUT2D eigenvalue weighted by atomic mass is 19.1. The average Bonchev–Trinajstić information content (AvgIpc) is 3.27. The number of pyridine rings is 1. The molecule has 2 saturated heterocycles. The maximum absolute atomic E-state index is 13.9. The zero-order valence-electron chi connectivity index (χ0n) is 18.9. The van der Waals surface area contributed by atoms with Crippen LogP contribution in [0.15, 0.2) is 49.1 Å². The van der Waals surface area contributed by atoms with E-state index in [1.54, 1.807) is 12.3 Å². The summed E-state index contributed by atoms with van der Waals surface area (Å²) in [5.74, 6) is -0.275. The molecule has 3 aromatic heterocycles. The summed E-state index contributed by atoms with van der Waals surface area (Å²) in [6, 6.07) is 7.25. The number of aromatic nitrogens is 4. The van der Waals surface area contributed by atoms with Crippen LogP contribution >= 0.6 is 0 Å². The Morgan fingerprint density at radius 1 is 0.909 bits per heavy atom. The molecule has 0 saturated carbocycles. The van der Waals surface area contributed by atoms with Gasteiger partial charge in [0, 0.05) is 62.5 Å². The number of nitrogens with zero attached hydrogens (tertiary/aromatic N) is 7. The van der Waals surface area contributed by atoms with Crippen LogP contribution in [0.3, 0.4) is 0 Å². The van der Waals surface area contributed by atoms with Crippen molar-refractivity contribution in [2.75, 3.05) is 51.2 Å².